The molecule has 0 unspecified atom stereocenters. The lowest BCUT2D eigenvalue weighted by Gasteiger charge is -2.31. The first-order valence-electron chi connectivity index (χ1n) is 8.06. The monoisotopic (exact) mass is 388 g/mol. The zero-order chi connectivity index (χ0) is 16.8. The third kappa shape index (κ3) is 2.26. The summed E-state index contributed by atoms with van der Waals surface area (Å²) in [5.74, 6) is 0.502. The van der Waals surface area contributed by atoms with Crippen LogP contribution in [0.25, 0.3) is 21.9 Å². The number of amides is 1. The van der Waals surface area contributed by atoms with Crippen molar-refractivity contribution in [2.45, 2.75) is 32.2 Å². The molecule has 1 amide bonds. The molecule has 1 aliphatic carbocycles. The molecule has 1 fully saturated rings. The van der Waals surface area contributed by atoms with E-state index in [1.165, 1.54) is 4.90 Å². The highest BCUT2D eigenvalue weighted by Crippen LogP contribution is 2.40. The van der Waals surface area contributed by atoms with Gasteiger partial charge in [0.2, 0.25) is 5.95 Å². The Bertz CT molecular complexity index is 949. The van der Waals surface area contributed by atoms with Gasteiger partial charge in [0.1, 0.15) is 5.52 Å². The van der Waals surface area contributed by atoms with Gasteiger partial charge < -0.3 is 9.67 Å². The fourth-order valence-electron chi connectivity index (χ4n) is 3.28. The first kappa shape index (κ1) is 15.4. The molecule has 1 aliphatic rings. The predicted molar refractivity (Wildman–Crippen MR) is 96.7 cm³/mol. The highest BCUT2D eigenvalue weighted by molar-refractivity contribution is 9.10. The van der Waals surface area contributed by atoms with Crippen LogP contribution in [0.5, 0.6) is 0 Å². The summed E-state index contributed by atoms with van der Waals surface area (Å²) >= 11 is 3.48. The molecule has 7 heteroatoms. The predicted octanol–water partition coefficient (Wildman–Crippen LogP) is 4.58. The van der Waals surface area contributed by atoms with E-state index in [2.05, 4.69) is 30.5 Å². The van der Waals surface area contributed by atoms with Gasteiger partial charge in [0.25, 0.3) is 0 Å². The van der Waals surface area contributed by atoms with E-state index in [4.69, 9.17) is 0 Å². The molecule has 1 saturated carbocycles. The third-order valence-electron chi connectivity index (χ3n) is 4.69. The van der Waals surface area contributed by atoms with Crippen LogP contribution in [0.2, 0.25) is 0 Å². The van der Waals surface area contributed by atoms with Gasteiger partial charge in [0.05, 0.1) is 17.2 Å². The van der Waals surface area contributed by atoms with Gasteiger partial charge in [-0.25, -0.2) is 14.7 Å². The van der Waals surface area contributed by atoms with E-state index in [0.29, 0.717) is 18.5 Å². The van der Waals surface area contributed by atoms with Gasteiger partial charge in [0.15, 0.2) is 0 Å². The van der Waals surface area contributed by atoms with E-state index in [9.17, 15) is 9.90 Å². The largest absolute Gasteiger partial charge is 0.465 e. The molecule has 24 heavy (non-hydrogen) atoms. The molecule has 3 aromatic rings. The molecule has 0 saturated heterocycles. The van der Waals surface area contributed by atoms with Crippen LogP contribution in [0.15, 0.2) is 28.9 Å². The summed E-state index contributed by atoms with van der Waals surface area (Å²) in [7, 11) is 0. The first-order valence-corrected chi connectivity index (χ1v) is 8.86. The zero-order valence-corrected chi connectivity index (χ0v) is 14.8. The van der Waals surface area contributed by atoms with Gasteiger partial charge in [-0.3, -0.25) is 4.98 Å². The van der Waals surface area contributed by atoms with Crippen molar-refractivity contribution >= 4 is 49.9 Å². The van der Waals surface area contributed by atoms with Crippen molar-refractivity contribution in [2.75, 3.05) is 11.4 Å². The Kier molecular flexibility index (Phi) is 3.68. The van der Waals surface area contributed by atoms with E-state index in [0.717, 1.165) is 45.7 Å². The number of imidazole rings is 1. The molecule has 0 radical (unpaired) electrons. The Balaban J connectivity index is 2.06. The van der Waals surface area contributed by atoms with Crippen LogP contribution >= 0.6 is 15.9 Å². The second-order valence-corrected chi connectivity index (χ2v) is 6.96. The zero-order valence-electron chi connectivity index (χ0n) is 13.2. The highest BCUT2D eigenvalue weighted by Gasteiger charge is 2.29. The molecule has 0 aliphatic heterocycles. The Hall–Kier alpha value is -2.15. The minimum Gasteiger partial charge on any atom is -0.465 e. The maximum absolute atomic E-state index is 11.6. The van der Waals surface area contributed by atoms with Gasteiger partial charge in [0, 0.05) is 22.4 Å². The van der Waals surface area contributed by atoms with E-state index >= 15 is 0 Å². The van der Waals surface area contributed by atoms with E-state index < -0.39 is 6.09 Å². The number of pyridine rings is 1. The number of hydrogen-bond donors (Lipinski definition) is 1. The smallest absolute Gasteiger partial charge is 0.414 e. The number of halogens is 1. The molecular formula is C17H17BrN4O2. The summed E-state index contributed by atoms with van der Waals surface area (Å²) in [6, 6.07) is 6.27. The SMILES string of the molecule is CCN(C(=O)O)c1nc2cnc3cc(Br)ccc3c2n1C1CCC1. The lowest BCUT2D eigenvalue weighted by Crippen LogP contribution is -2.33. The molecule has 6 nitrogen and oxygen atoms in total. The summed E-state index contributed by atoms with van der Waals surface area (Å²) in [5.41, 5.74) is 2.60. The topological polar surface area (TPSA) is 71.2 Å². The second kappa shape index (κ2) is 5.73. The normalized spacial score (nSPS) is 14.9. The van der Waals surface area contributed by atoms with E-state index in [-0.39, 0.29) is 0 Å². The van der Waals surface area contributed by atoms with Crippen LogP contribution in [0.1, 0.15) is 32.2 Å². The number of carboxylic acid groups (broad SMARTS) is 1. The molecule has 1 aromatic carbocycles. The molecule has 4 rings (SSSR count). The van der Waals surface area contributed by atoms with E-state index in [1.54, 1.807) is 6.20 Å². The number of anilines is 1. The standard InChI is InChI=1S/C17H17BrN4O2/c1-2-21(17(23)24)16-20-14-9-19-13-8-10(18)6-7-12(13)15(14)22(16)11-4-3-5-11/h6-9,11H,2-5H2,1H3,(H,23,24). The molecule has 0 bridgehead atoms. The average molecular weight is 389 g/mol. The fourth-order valence-corrected chi connectivity index (χ4v) is 3.63. The minimum absolute atomic E-state index is 0.299. The van der Waals surface area contributed by atoms with Crippen LogP contribution in [0, 0.1) is 0 Å². The molecule has 0 atom stereocenters. The van der Waals surface area contributed by atoms with Crippen LogP contribution in [-0.4, -0.2) is 32.3 Å². The van der Waals surface area contributed by atoms with Gasteiger partial charge in [-0.2, -0.15) is 0 Å². The average Bonchev–Trinajstić information content (AvgIpc) is 2.85. The van der Waals surface area contributed by atoms with Crippen LogP contribution < -0.4 is 4.90 Å². The summed E-state index contributed by atoms with van der Waals surface area (Å²) in [6.07, 6.45) is 4.02. The number of carbonyl (C=O) groups is 1. The fraction of sp³-hybridized carbons (Fsp3) is 0.353. The van der Waals surface area contributed by atoms with Gasteiger partial charge >= 0.3 is 6.09 Å². The Labute approximate surface area is 147 Å². The summed E-state index contributed by atoms with van der Waals surface area (Å²) < 4.78 is 3.08. The number of nitrogens with zero attached hydrogens (tertiary/aromatic N) is 4. The molecule has 2 heterocycles. The number of hydrogen-bond acceptors (Lipinski definition) is 3. The van der Waals surface area contributed by atoms with Crippen molar-refractivity contribution in [1.29, 1.82) is 0 Å². The number of aromatic nitrogens is 3. The molecular weight excluding hydrogens is 372 g/mol. The number of fused-ring (bicyclic) bond motifs is 3. The highest BCUT2D eigenvalue weighted by atomic mass is 79.9. The second-order valence-electron chi connectivity index (χ2n) is 6.05. The van der Waals surface area contributed by atoms with Crippen molar-refractivity contribution in [3.63, 3.8) is 0 Å². The maximum atomic E-state index is 11.6. The minimum atomic E-state index is -0.978. The van der Waals surface area contributed by atoms with Crippen molar-refractivity contribution in [2.24, 2.45) is 0 Å². The Morgan fingerprint density at radius 3 is 2.83 bits per heavy atom. The lowest BCUT2D eigenvalue weighted by atomic mass is 9.92. The summed E-state index contributed by atoms with van der Waals surface area (Å²) in [5, 5.41) is 10.6. The van der Waals surface area contributed by atoms with Gasteiger partial charge in [-0.15, -0.1) is 0 Å². The molecule has 0 spiro atoms. The van der Waals surface area contributed by atoms with Crippen LogP contribution in [0.4, 0.5) is 10.7 Å². The third-order valence-corrected chi connectivity index (χ3v) is 5.18. The van der Waals surface area contributed by atoms with Crippen molar-refractivity contribution in [3.05, 3.63) is 28.9 Å². The molecule has 1 N–H and O–H groups in total. The molecule has 2 aromatic heterocycles. The van der Waals surface area contributed by atoms with Crippen LogP contribution in [0.3, 0.4) is 0 Å². The van der Waals surface area contributed by atoms with E-state index in [1.807, 2.05) is 25.1 Å². The van der Waals surface area contributed by atoms with Crippen molar-refractivity contribution in [3.8, 4) is 0 Å². The number of rotatable bonds is 3. The Morgan fingerprint density at radius 1 is 1.42 bits per heavy atom. The van der Waals surface area contributed by atoms with Crippen molar-refractivity contribution in [1.82, 2.24) is 14.5 Å². The maximum Gasteiger partial charge on any atom is 0.414 e. The summed E-state index contributed by atoms with van der Waals surface area (Å²) in [4.78, 5) is 22.1. The quantitative estimate of drug-likeness (QED) is 0.712. The number of benzene rings is 1. The van der Waals surface area contributed by atoms with Crippen LogP contribution in [-0.2, 0) is 0 Å². The van der Waals surface area contributed by atoms with Crippen molar-refractivity contribution < 1.29 is 9.90 Å². The summed E-state index contributed by atoms with van der Waals surface area (Å²) in [6.45, 7) is 2.19. The Morgan fingerprint density at radius 2 is 2.21 bits per heavy atom. The van der Waals surface area contributed by atoms with Gasteiger partial charge in [-0.05, 0) is 44.4 Å². The first-order chi connectivity index (χ1) is 11.6. The van der Waals surface area contributed by atoms with Gasteiger partial charge in [-0.1, -0.05) is 15.9 Å². The lowest BCUT2D eigenvalue weighted by molar-refractivity contribution is 0.201. The molecule has 124 valence electrons.